The standard InChI is InChI=1S/C21H23N3O/c1-14(2)17-10-4-7-15(3)20(17)23-13-19(25)24-18-11-5-8-16-9-6-12-22-21(16)18/h4-12,14,23H,13H2,1-3H3,(H,24,25). The first-order valence-corrected chi connectivity index (χ1v) is 8.53. The number of para-hydroxylation sites is 2. The summed E-state index contributed by atoms with van der Waals surface area (Å²) in [6.45, 7) is 6.58. The highest BCUT2D eigenvalue weighted by Crippen LogP contribution is 2.27. The number of anilines is 2. The third kappa shape index (κ3) is 3.79. The van der Waals surface area contributed by atoms with Gasteiger partial charge in [-0.15, -0.1) is 0 Å². The van der Waals surface area contributed by atoms with Crippen molar-refractivity contribution in [1.82, 2.24) is 4.98 Å². The molecule has 3 aromatic rings. The number of hydrogen-bond acceptors (Lipinski definition) is 3. The van der Waals surface area contributed by atoms with Gasteiger partial charge in [0.1, 0.15) is 0 Å². The minimum Gasteiger partial charge on any atom is -0.376 e. The Kier molecular flexibility index (Phi) is 4.98. The molecule has 0 spiro atoms. The molecule has 0 aliphatic rings. The third-order valence-corrected chi connectivity index (χ3v) is 4.26. The second-order valence-electron chi connectivity index (χ2n) is 6.48. The molecule has 0 aliphatic heterocycles. The zero-order chi connectivity index (χ0) is 17.8. The van der Waals surface area contributed by atoms with E-state index >= 15 is 0 Å². The monoisotopic (exact) mass is 333 g/mol. The molecule has 2 N–H and O–H groups in total. The SMILES string of the molecule is Cc1cccc(C(C)C)c1NCC(=O)Nc1cccc2cccnc12. The third-order valence-electron chi connectivity index (χ3n) is 4.26. The average molecular weight is 333 g/mol. The number of benzene rings is 2. The predicted octanol–water partition coefficient (Wildman–Crippen LogP) is 4.72. The Bertz CT molecular complexity index is 897. The molecular formula is C21H23N3O. The topological polar surface area (TPSA) is 54.0 Å². The zero-order valence-electron chi connectivity index (χ0n) is 14.8. The van der Waals surface area contributed by atoms with Gasteiger partial charge >= 0.3 is 0 Å². The molecule has 0 atom stereocenters. The van der Waals surface area contributed by atoms with Crippen molar-refractivity contribution in [3.8, 4) is 0 Å². The van der Waals surface area contributed by atoms with Gasteiger partial charge in [-0.1, -0.05) is 50.2 Å². The van der Waals surface area contributed by atoms with Crippen LogP contribution in [-0.2, 0) is 4.79 Å². The maximum absolute atomic E-state index is 12.4. The van der Waals surface area contributed by atoms with Crippen molar-refractivity contribution in [2.45, 2.75) is 26.7 Å². The zero-order valence-corrected chi connectivity index (χ0v) is 14.8. The number of aromatic nitrogens is 1. The van der Waals surface area contributed by atoms with Gasteiger partial charge in [-0.25, -0.2) is 0 Å². The lowest BCUT2D eigenvalue weighted by Crippen LogP contribution is -2.23. The number of nitrogens with zero attached hydrogens (tertiary/aromatic N) is 1. The lowest BCUT2D eigenvalue weighted by atomic mass is 9.98. The highest BCUT2D eigenvalue weighted by atomic mass is 16.1. The molecule has 4 heteroatoms. The molecule has 4 nitrogen and oxygen atoms in total. The number of nitrogens with one attached hydrogen (secondary N) is 2. The quantitative estimate of drug-likeness (QED) is 0.710. The van der Waals surface area contributed by atoms with Crippen LogP contribution in [0.4, 0.5) is 11.4 Å². The number of rotatable bonds is 5. The molecule has 25 heavy (non-hydrogen) atoms. The Labute approximate surface area is 148 Å². The lowest BCUT2D eigenvalue weighted by molar-refractivity contribution is -0.114. The van der Waals surface area contributed by atoms with E-state index < -0.39 is 0 Å². The van der Waals surface area contributed by atoms with Crippen LogP contribution in [0.15, 0.2) is 54.7 Å². The molecular weight excluding hydrogens is 310 g/mol. The minimum absolute atomic E-state index is 0.0869. The van der Waals surface area contributed by atoms with Crippen LogP contribution in [0.2, 0.25) is 0 Å². The highest BCUT2D eigenvalue weighted by Gasteiger charge is 2.11. The number of carbonyl (C=O) groups is 1. The molecule has 0 saturated heterocycles. The predicted molar refractivity (Wildman–Crippen MR) is 104 cm³/mol. The summed E-state index contributed by atoms with van der Waals surface area (Å²) in [5, 5.41) is 7.27. The highest BCUT2D eigenvalue weighted by molar-refractivity contribution is 6.01. The van der Waals surface area contributed by atoms with E-state index in [9.17, 15) is 4.79 Å². The Balaban J connectivity index is 1.74. The van der Waals surface area contributed by atoms with Gasteiger partial charge in [-0.2, -0.15) is 0 Å². The van der Waals surface area contributed by atoms with Crippen molar-refractivity contribution in [1.29, 1.82) is 0 Å². The first kappa shape index (κ1) is 17.0. The molecule has 1 aromatic heterocycles. The van der Waals surface area contributed by atoms with Crippen LogP contribution >= 0.6 is 0 Å². The summed E-state index contributed by atoms with van der Waals surface area (Å²) >= 11 is 0. The van der Waals surface area contributed by atoms with Crippen molar-refractivity contribution >= 4 is 28.2 Å². The number of hydrogen-bond donors (Lipinski definition) is 2. The van der Waals surface area contributed by atoms with Crippen molar-refractivity contribution in [3.05, 3.63) is 65.9 Å². The molecule has 0 saturated carbocycles. The fourth-order valence-corrected chi connectivity index (χ4v) is 2.98. The second-order valence-corrected chi connectivity index (χ2v) is 6.48. The Morgan fingerprint density at radius 1 is 1.08 bits per heavy atom. The molecule has 0 aliphatic carbocycles. The first-order valence-electron chi connectivity index (χ1n) is 8.53. The summed E-state index contributed by atoms with van der Waals surface area (Å²) in [5.74, 6) is 0.309. The van der Waals surface area contributed by atoms with Crippen LogP contribution in [0.5, 0.6) is 0 Å². The van der Waals surface area contributed by atoms with Gasteiger partial charge in [0.15, 0.2) is 0 Å². The normalized spacial score (nSPS) is 10.9. The van der Waals surface area contributed by atoms with Gasteiger partial charge in [0.25, 0.3) is 0 Å². The van der Waals surface area contributed by atoms with Crippen molar-refractivity contribution in [3.63, 3.8) is 0 Å². The smallest absolute Gasteiger partial charge is 0.243 e. The molecule has 3 rings (SSSR count). The van der Waals surface area contributed by atoms with Crippen LogP contribution in [-0.4, -0.2) is 17.4 Å². The molecule has 1 heterocycles. The Morgan fingerprint density at radius 3 is 2.64 bits per heavy atom. The number of fused-ring (bicyclic) bond motifs is 1. The largest absolute Gasteiger partial charge is 0.376 e. The molecule has 2 aromatic carbocycles. The van der Waals surface area contributed by atoms with E-state index in [2.05, 4.69) is 54.6 Å². The first-order chi connectivity index (χ1) is 12.1. The van der Waals surface area contributed by atoms with Crippen LogP contribution in [0.25, 0.3) is 10.9 Å². The van der Waals surface area contributed by atoms with Crippen molar-refractivity contribution in [2.75, 3.05) is 17.2 Å². The summed E-state index contributed by atoms with van der Waals surface area (Å²) in [6, 6.07) is 15.9. The molecule has 128 valence electrons. The van der Waals surface area contributed by atoms with Crippen LogP contribution in [0.3, 0.4) is 0 Å². The Hall–Kier alpha value is -2.88. The maximum atomic E-state index is 12.4. The number of aryl methyl sites for hydroxylation is 1. The van der Waals surface area contributed by atoms with E-state index in [1.807, 2.05) is 30.3 Å². The summed E-state index contributed by atoms with van der Waals surface area (Å²) in [4.78, 5) is 16.8. The van der Waals surface area contributed by atoms with Crippen molar-refractivity contribution in [2.24, 2.45) is 0 Å². The van der Waals surface area contributed by atoms with Gasteiger partial charge in [-0.05, 0) is 36.1 Å². The fourth-order valence-electron chi connectivity index (χ4n) is 2.98. The summed E-state index contributed by atoms with van der Waals surface area (Å²) in [5.41, 5.74) is 4.95. The summed E-state index contributed by atoms with van der Waals surface area (Å²) < 4.78 is 0. The van der Waals surface area contributed by atoms with Gasteiger partial charge in [0, 0.05) is 17.3 Å². The second kappa shape index (κ2) is 7.34. The van der Waals surface area contributed by atoms with Gasteiger partial charge in [0.05, 0.1) is 17.7 Å². The van der Waals surface area contributed by atoms with Crippen molar-refractivity contribution < 1.29 is 4.79 Å². The van der Waals surface area contributed by atoms with E-state index in [-0.39, 0.29) is 12.5 Å². The maximum Gasteiger partial charge on any atom is 0.243 e. The molecule has 0 fully saturated rings. The number of amides is 1. The van der Waals surface area contributed by atoms with Crippen LogP contribution < -0.4 is 10.6 Å². The van der Waals surface area contributed by atoms with E-state index in [1.165, 1.54) is 5.56 Å². The number of pyridine rings is 1. The molecule has 0 bridgehead atoms. The minimum atomic E-state index is -0.0869. The van der Waals surface area contributed by atoms with Crippen LogP contribution in [0, 0.1) is 6.92 Å². The summed E-state index contributed by atoms with van der Waals surface area (Å²) in [7, 11) is 0. The molecule has 0 unspecified atom stereocenters. The average Bonchev–Trinajstić information content (AvgIpc) is 2.60. The van der Waals surface area contributed by atoms with Gasteiger partial charge in [-0.3, -0.25) is 9.78 Å². The van der Waals surface area contributed by atoms with E-state index in [0.29, 0.717) is 5.92 Å². The van der Waals surface area contributed by atoms with Gasteiger partial charge < -0.3 is 10.6 Å². The molecule has 0 radical (unpaired) electrons. The van der Waals surface area contributed by atoms with E-state index in [0.717, 1.165) is 27.8 Å². The van der Waals surface area contributed by atoms with Crippen LogP contribution in [0.1, 0.15) is 30.9 Å². The van der Waals surface area contributed by atoms with E-state index in [4.69, 9.17) is 0 Å². The summed E-state index contributed by atoms with van der Waals surface area (Å²) in [6.07, 6.45) is 1.73. The lowest BCUT2D eigenvalue weighted by Gasteiger charge is -2.17. The fraction of sp³-hybridized carbons (Fsp3) is 0.238. The number of carbonyl (C=O) groups excluding carboxylic acids is 1. The van der Waals surface area contributed by atoms with E-state index in [1.54, 1.807) is 6.20 Å². The van der Waals surface area contributed by atoms with Gasteiger partial charge in [0.2, 0.25) is 5.91 Å². The Morgan fingerprint density at radius 2 is 1.84 bits per heavy atom. The molecule has 1 amide bonds.